The van der Waals surface area contributed by atoms with Crippen molar-refractivity contribution < 1.29 is 61.9 Å². The molecule has 7 N–H and O–H groups in total. The summed E-state index contributed by atoms with van der Waals surface area (Å²) in [4.78, 5) is 143. The van der Waals surface area contributed by atoms with Gasteiger partial charge in [-0.1, -0.05) is 121 Å². The van der Waals surface area contributed by atoms with Crippen LogP contribution in [0.4, 0.5) is 0 Å². The molecular formula is C70H105ClN14O13. The Morgan fingerprint density at radius 3 is 1.28 bits per heavy atom. The molecule has 0 saturated carbocycles. The Morgan fingerprint density at radius 1 is 0.531 bits per heavy atom. The summed E-state index contributed by atoms with van der Waals surface area (Å²) in [7, 11) is 0. The molecule has 540 valence electrons. The molecule has 0 aliphatic carbocycles. The third-order valence-electron chi connectivity index (χ3n) is 17.0. The maximum Gasteiger partial charge on any atom is 0.286 e. The van der Waals surface area contributed by atoms with E-state index in [9.17, 15) is 53.1 Å². The van der Waals surface area contributed by atoms with Gasteiger partial charge in [-0.3, -0.25) is 52.9 Å². The molecule has 4 aromatic rings. The average Bonchev–Trinajstić information content (AvgIpc) is 1.63. The van der Waals surface area contributed by atoms with Gasteiger partial charge in [-0.15, -0.1) is 20.4 Å². The first kappa shape index (κ1) is 80.5. The molecule has 6 atom stereocenters. The molecule has 2 aliphatic heterocycles. The smallest absolute Gasteiger partial charge is 0.286 e. The van der Waals surface area contributed by atoms with Crippen LogP contribution in [0.2, 0.25) is 5.02 Å². The maximum absolute atomic E-state index is 13.8. The fourth-order valence-electron chi connectivity index (χ4n) is 11.2. The quantitative estimate of drug-likeness (QED) is 0.0190. The van der Waals surface area contributed by atoms with Gasteiger partial charge in [0.1, 0.15) is 41.3 Å². The van der Waals surface area contributed by atoms with E-state index >= 15 is 0 Å². The number of rotatable bonds is 30. The molecule has 8 amide bonds. The lowest BCUT2D eigenvalue weighted by Gasteiger charge is -2.31. The minimum Gasteiger partial charge on any atom is -0.506 e. The third kappa shape index (κ3) is 23.5. The molecule has 0 radical (unpaired) electrons. The topological polar surface area (TPSA) is 373 Å². The molecule has 4 aromatic heterocycles. The van der Waals surface area contributed by atoms with Crippen LogP contribution in [0.15, 0.2) is 45.5 Å². The van der Waals surface area contributed by atoms with E-state index < -0.39 is 81.5 Å². The van der Waals surface area contributed by atoms with Crippen LogP contribution < -0.4 is 31.9 Å². The first-order chi connectivity index (χ1) is 45.6. The summed E-state index contributed by atoms with van der Waals surface area (Å²) in [6.07, 6.45) is 8.78. The van der Waals surface area contributed by atoms with Gasteiger partial charge in [-0.05, 0) is 127 Å². The van der Waals surface area contributed by atoms with E-state index in [-0.39, 0.29) is 101 Å². The highest BCUT2D eigenvalue weighted by Crippen LogP contribution is 2.28. The second-order valence-corrected chi connectivity index (χ2v) is 30.8. The second kappa shape index (κ2) is 35.0. The summed E-state index contributed by atoms with van der Waals surface area (Å²) in [5.74, 6) is -4.54. The van der Waals surface area contributed by atoms with Crippen LogP contribution in [-0.2, 0) is 39.6 Å². The number of nitrogens with zero attached hydrogens (tertiary/aromatic N) is 8. The van der Waals surface area contributed by atoms with E-state index in [0.717, 1.165) is 0 Å². The number of hydrogen-bond acceptors (Lipinski definition) is 19. The molecule has 2 fully saturated rings. The third-order valence-corrected chi connectivity index (χ3v) is 17.2. The van der Waals surface area contributed by atoms with Crippen molar-refractivity contribution >= 4 is 70.4 Å². The largest absolute Gasteiger partial charge is 0.506 e. The van der Waals surface area contributed by atoms with Crippen molar-refractivity contribution in [1.82, 2.24) is 72.1 Å². The zero-order valence-corrected chi connectivity index (χ0v) is 61.2. The van der Waals surface area contributed by atoms with E-state index in [0.29, 0.717) is 94.1 Å². The first-order valence-electron chi connectivity index (χ1n) is 34.1. The summed E-state index contributed by atoms with van der Waals surface area (Å²) in [5, 5.41) is 43.0. The standard InChI is InChI=1S/C35H52ClN7O6.C35H53N7O7/c1-20(2)26(28(45)31-41-42-33(49-31)34(5,6)7)39-30(47)24-13-12-18-43(24)32(48)27(21(3)4)38-25(44)14-10-11-16-35(8,9)40-29(46)23-19-22(36)15-17-37-23;1-20(2)26(28(45)31-40-41-33(49-31)34(5,6)7)38-30(47)24-13-12-18-42(24)32(48)27(21(3)4)37-25(44)14-10-11-17-35(8,9)39-29(46)23-16-15-22(43)19-36-23/h15,17,19-21,24,26-27H,10-14,16,18H2,1-9H3,(H,38,44)(H,39,47)(H,40,46);15-16,19-21,24,26-27,43H,10-14,17-18H2,1-9H3,(H,37,44)(H,38,47)(H,39,46)/t2*24-,26-,27-/m00/s1. The summed E-state index contributed by atoms with van der Waals surface area (Å²) >= 11 is 5.98. The minimum atomic E-state index is -0.929. The molecule has 6 heterocycles. The van der Waals surface area contributed by atoms with Gasteiger partial charge >= 0.3 is 0 Å². The van der Waals surface area contributed by atoms with Crippen LogP contribution in [0.3, 0.4) is 0 Å². The van der Waals surface area contributed by atoms with Crippen LogP contribution >= 0.6 is 11.6 Å². The van der Waals surface area contributed by atoms with Crippen LogP contribution in [0.25, 0.3) is 0 Å². The van der Waals surface area contributed by atoms with Gasteiger partial charge in [0, 0.05) is 59.1 Å². The Bertz CT molecular complexity index is 3420. The fourth-order valence-corrected chi connectivity index (χ4v) is 11.4. The van der Waals surface area contributed by atoms with Gasteiger partial charge in [0.2, 0.25) is 58.8 Å². The predicted octanol–water partition coefficient (Wildman–Crippen LogP) is 8.33. The van der Waals surface area contributed by atoms with Gasteiger partial charge in [0.25, 0.3) is 23.6 Å². The second-order valence-electron chi connectivity index (χ2n) is 30.3. The van der Waals surface area contributed by atoms with Gasteiger partial charge in [-0.2, -0.15) is 0 Å². The van der Waals surface area contributed by atoms with Gasteiger partial charge in [0.05, 0.1) is 18.3 Å². The molecule has 2 saturated heterocycles. The lowest BCUT2D eigenvalue weighted by Crippen LogP contribution is -2.57. The van der Waals surface area contributed by atoms with Crippen molar-refractivity contribution in [2.75, 3.05) is 13.1 Å². The number of halogens is 1. The van der Waals surface area contributed by atoms with Gasteiger partial charge in [0.15, 0.2) is 0 Å². The molecule has 98 heavy (non-hydrogen) atoms. The van der Waals surface area contributed by atoms with Crippen molar-refractivity contribution in [2.24, 2.45) is 23.7 Å². The number of amides is 8. The molecule has 0 aromatic carbocycles. The Kier molecular flexibility index (Phi) is 28.7. The molecule has 0 bridgehead atoms. The lowest BCUT2D eigenvalue weighted by molar-refractivity contribution is -0.142. The van der Waals surface area contributed by atoms with Crippen LogP contribution in [-0.4, -0.2) is 165 Å². The number of pyridine rings is 2. The summed E-state index contributed by atoms with van der Waals surface area (Å²) in [6.45, 7) is 34.2. The van der Waals surface area contributed by atoms with Crippen LogP contribution in [0.1, 0.15) is 256 Å². The van der Waals surface area contributed by atoms with Crippen LogP contribution in [0, 0.1) is 23.7 Å². The average molecular weight is 1390 g/mol. The Hall–Kier alpha value is -8.23. The highest BCUT2D eigenvalue weighted by molar-refractivity contribution is 6.30. The number of Topliss-reactive ketones (excluding diaryl/α,β-unsaturated/α-hetero) is 2. The minimum absolute atomic E-state index is 0.0263. The number of ketones is 2. The van der Waals surface area contributed by atoms with E-state index in [1.165, 1.54) is 40.4 Å². The van der Waals surface area contributed by atoms with E-state index in [4.69, 9.17) is 20.4 Å². The number of aromatic hydroxyl groups is 1. The molecule has 28 heteroatoms. The number of hydrogen-bond donors (Lipinski definition) is 7. The molecule has 6 rings (SSSR count). The Balaban J connectivity index is 0.000000354. The number of nitrogens with one attached hydrogen (secondary N) is 6. The number of carbonyl (C=O) groups excluding carboxylic acids is 10. The predicted molar refractivity (Wildman–Crippen MR) is 366 cm³/mol. The number of likely N-dealkylation sites (tertiary alicyclic amines) is 2. The van der Waals surface area contributed by atoms with Crippen molar-refractivity contribution in [1.29, 1.82) is 0 Å². The highest BCUT2D eigenvalue weighted by atomic mass is 35.5. The van der Waals surface area contributed by atoms with Crippen LogP contribution in [0.5, 0.6) is 5.75 Å². The number of aromatic nitrogens is 6. The van der Waals surface area contributed by atoms with E-state index in [1.807, 2.05) is 96.9 Å². The number of unbranched alkanes of at least 4 members (excludes halogenated alkanes) is 2. The zero-order chi connectivity index (χ0) is 73.4. The fraction of sp³-hybridized carbons (Fsp3) is 0.657. The summed E-state index contributed by atoms with van der Waals surface area (Å²) in [6, 6.07) is 0.863. The highest BCUT2D eigenvalue weighted by Gasteiger charge is 2.43. The number of carbonyl (C=O) groups is 10. The molecule has 2 aliphatic rings. The van der Waals surface area contributed by atoms with Crippen molar-refractivity contribution in [2.45, 2.75) is 260 Å². The van der Waals surface area contributed by atoms with E-state index in [2.05, 4.69) is 62.3 Å². The van der Waals surface area contributed by atoms with E-state index in [1.54, 1.807) is 33.8 Å². The summed E-state index contributed by atoms with van der Waals surface area (Å²) in [5.41, 5.74) is -1.57. The van der Waals surface area contributed by atoms with Crippen molar-refractivity contribution in [3.8, 4) is 5.75 Å². The molecule has 27 nitrogen and oxygen atoms in total. The van der Waals surface area contributed by atoms with Gasteiger partial charge in [-0.25, -0.2) is 4.98 Å². The SMILES string of the molecule is CC(C)[C@H](NC(=O)[C@@H]1CCCN1C(=O)[C@@H](NC(=O)CCCCC(C)(C)NC(=O)c1cc(Cl)ccn1)C(C)C)C(=O)c1nnc(C(C)(C)C)o1.CC(C)[C@H](NC(=O)[C@@H]1CCCN1C(=O)[C@@H](NC(=O)CCCCC(C)(C)NC(=O)c1ccc(O)cn1)C(C)C)C(=O)c1nnc(C(C)(C)C)o1. The normalized spacial score (nSPS) is 16.4. The first-order valence-corrected chi connectivity index (χ1v) is 34.5. The molecule has 0 spiro atoms. The maximum atomic E-state index is 13.8. The van der Waals surface area contributed by atoms with Crippen molar-refractivity contribution in [3.63, 3.8) is 0 Å². The zero-order valence-electron chi connectivity index (χ0n) is 60.4. The summed E-state index contributed by atoms with van der Waals surface area (Å²) < 4.78 is 11.3. The lowest BCUT2D eigenvalue weighted by atomic mass is 9.96. The Morgan fingerprint density at radius 2 is 0.929 bits per heavy atom. The monoisotopic (exact) mass is 1380 g/mol. The molecular weight excluding hydrogens is 1280 g/mol. The van der Waals surface area contributed by atoms with Crippen molar-refractivity contribution in [3.05, 3.63) is 76.6 Å². The van der Waals surface area contributed by atoms with Gasteiger partial charge < -0.3 is 55.6 Å². The molecule has 0 unspecified atom stereocenters. The Labute approximate surface area is 580 Å².